The van der Waals surface area contributed by atoms with Crippen molar-refractivity contribution < 1.29 is 17.9 Å². The SMILES string of the molecule is COc1ccc(N([C@@H](C)C(=O)NCc2cccc(CN3CCCCC3)c2)S(C)(=O)=O)cc1Cl. The molecule has 9 heteroatoms. The normalized spacial score (nSPS) is 15.6. The lowest BCUT2D eigenvalue weighted by atomic mass is 10.1. The van der Waals surface area contributed by atoms with E-state index >= 15 is 0 Å². The van der Waals surface area contributed by atoms with Crippen molar-refractivity contribution >= 4 is 33.2 Å². The molecule has 1 aliphatic rings. The fraction of sp³-hybridized carbons (Fsp3) is 0.458. The zero-order chi connectivity index (χ0) is 24.0. The number of rotatable bonds is 9. The van der Waals surface area contributed by atoms with Gasteiger partial charge in [0.15, 0.2) is 0 Å². The predicted molar refractivity (Wildman–Crippen MR) is 132 cm³/mol. The van der Waals surface area contributed by atoms with Gasteiger partial charge < -0.3 is 10.1 Å². The van der Waals surface area contributed by atoms with Gasteiger partial charge in [-0.3, -0.25) is 14.0 Å². The van der Waals surface area contributed by atoms with Crippen molar-refractivity contribution in [3.05, 3.63) is 58.6 Å². The van der Waals surface area contributed by atoms with Crippen LogP contribution in [0.4, 0.5) is 5.69 Å². The first kappa shape index (κ1) is 25.3. The van der Waals surface area contributed by atoms with Gasteiger partial charge in [0, 0.05) is 13.1 Å². The molecule has 1 saturated heterocycles. The molecule has 0 saturated carbocycles. The lowest BCUT2D eigenvalue weighted by Crippen LogP contribution is -2.47. The maximum atomic E-state index is 12.9. The van der Waals surface area contributed by atoms with E-state index in [2.05, 4.69) is 22.3 Å². The molecule has 2 aromatic rings. The van der Waals surface area contributed by atoms with E-state index < -0.39 is 22.0 Å². The van der Waals surface area contributed by atoms with Crippen LogP contribution in [0.2, 0.25) is 5.02 Å². The number of likely N-dealkylation sites (tertiary alicyclic amines) is 1. The molecule has 180 valence electrons. The summed E-state index contributed by atoms with van der Waals surface area (Å²) in [6.45, 7) is 5.02. The van der Waals surface area contributed by atoms with Crippen molar-refractivity contribution in [3.63, 3.8) is 0 Å². The molecule has 1 heterocycles. The van der Waals surface area contributed by atoms with E-state index in [0.29, 0.717) is 18.0 Å². The van der Waals surface area contributed by atoms with Gasteiger partial charge >= 0.3 is 0 Å². The number of carbonyl (C=O) groups is 1. The fourth-order valence-corrected chi connectivity index (χ4v) is 5.57. The number of piperidine rings is 1. The first-order valence-electron chi connectivity index (χ1n) is 11.1. The number of hydrogen-bond acceptors (Lipinski definition) is 5. The summed E-state index contributed by atoms with van der Waals surface area (Å²) in [4.78, 5) is 15.4. The number of methoxy groups -OCH3 is 1. The number of anilines is 1. The number of hydrogen-bond donors (Lipinski definition) is 1. The Kier molecular flexibility index (Phi) is 8.62. The number of sulfonamides is 1. The minimum absolute atomic E-state index is 0.266. The van der Waals surface area contributed by atoms with E-state index in [4.69, 9.17) is 16.3 Å². The van der Waals surface area contributed by atoms with Crippen LogP contribution in [0, 0.1) is 0 Å². The van der Waals surface area contributed by atoms with E-state index in [1.807, 2.05) is 12.1 Å². The highest BCUT2D eigenvalue weighted by atomic mass is 35.5. The Morgan fingerprint density at radius 1 is 1.15 bits per heavy atom. The van der Waals surface area contributed by atoms with Gasteiger partial charge in [-0.25, -0.2) is 8.42 Å². The number of nitrogens with zero attached hydrogens (tertiary/aromatic N) is 2. The van der Waals surface area contributed by atoms with Gasteiger partial charge in [-0.05, 0) is 62.2 Å². The van der Waals surface area contributed by atoms with E-state index in [0.717, 1.165) is 35.8 Å². The highest BCUT2D eigenvalue weighted by Gasteiger charge is 2.29. The zero-order valence-corrected chi connectivity index (χ0v) is 21.0. The second-order valence-electron chi connectivity index (χ2n) is 8.43. The highest BCUT2D eigenvalue weighted by Crippen LogP contribution is 2.31. The van der Waals surface area contributed by atoms with Crippen LogP contribution in [-0.2, 0) is 27.9 Å². The molecule has 0 radical (unpaired) electrons. The van der Waals surface area contributed by atoms with Crippen molar-refractivity contribution in [1.82, 2.24) is 10.2 Å². The van der Waals surface area contributed by atoms with E-state index in [-0.39, 0.29) is 5.02 Å². The van der Waals surface area contributed by atoms with Gasteiger partial charge in [0.1, 0.15) is 11.8 Å². The Labute approximate surface area is 201 Å². The standard InChI is InChI=1S/C24H32ClN3O4S/c1-18(28(33(3,30)31)21-10-11-23(32-2)22(25)15-21)24(29)26-16-19-8-7-9-20(14-19)17-27-12-5-4-6-13-27/h7-11,14-15,18H,4-6,12-13,16-17H2,1-3H3,(H,26,29)/t18-/m0/s1. The summed E-state index contributed by atoms with van der Waals surface area (Å²) < 4.78 is 31.2. The van der Waals surface area contributed by atoms with Crippen LogP contribution in [0.15, 0.2) is 42.5 Å². The number of ether oxygens (including phenoxy) is 1. The molecule has 1 fully saturated rings. The fourth-order valence-electron chi connectivity index (χ4n) is 4.15. The van der Waals surface area contributed by atoms with Gasteiger partial charge in [0.25, 0.3) is 0 Å². The molecule has 7 nitrogen and oxygen atoms in total. The van der Waals surface area contributed by atoms with Gasteiger partial charge in [0.2, 0.25) is 15.9 Å². The molecule has 3 rings (SSSR count). The maximum absolute atomic E-state index is 12.9. The van der Waals surface area contributed by atoms with E-state index in [1.165, 1.54) is 38.0 Å². The van der Waals surface area contributed by atoms with Crippen LogP contribution < -0.4 is 14.4 Å². The van der Waals surface area contributed by atoms with Crippen LogP contribution in [0.25, 0.3) is 0 Å². The van der Waals surface area contributed by atoms with Crippen molar-refractivity contribution in [3.8, 4) is 5.75 Å². The Morgan fingerprint density at radius 2 is 1.85 bits per heavy atom. The molecular formula is C24H32ClN3O4S. The highest BCUT2D eigenvalue weighted by molar-refractivity contribution is 7.92. The molecule has 0 spiro atoms. The number of benzene rings is 2. The number of nitrogens with one attached hydrogen (secondary N) is 1. The Balaban J connectivity index is 1.68. The molecule has 2 aromatic carbocycles. The van der Waals surface area contributed by atoms with Gasteiger partial charge in [-0.1, -0.05) is 42.3 Å². The second-order valence-corrected chi connectivity index (χ2v) is 10.7. The van der Waals surface area contributed by atoms with Gasteiger partial charge in [-0.15, -0.1) is 0 Å². The minimum Gasteiger partial charge on any atom is -0.495 e. The number of amides is 1. The van der Waals surface area contributed by atoms with Crippen LogP contribution in [-0.4, -0.2) is 51.7 Å². The topological polar surface area (TPSA) is 79.0 Å². The smallest absolute Gasteiger partial charge is 0.243 e. The van der Waals surface area contributed by atoms with Crippen molar-refractivity contribution in [1.29, 1.82) is 0 Å². The molecule has 1 N–H and O–H groups in total. The molecule has 0 unspecified atom stereocenters. The van der Waals surface area contributed by atoms with Crippen molar-refractivity contribution in [2.24, 2.45) is 0 Å². The third-order valence-electron chi connectivity index (χ3n) is 5.79. The first-order valence-corrected chi connectivity index (χ1v) is 13.3. The van der Waals surface area contributed by atoms with Crippen molar-refractivity contribution in [2.75, 3.05) is 30.8 Å². The summed E-state index contributed by atoms with van der Waals surface area (Å²) in [7, 11) is -2.26. The predicted octanol–water partition coefficient (Wildman–Crippen LogP) is 3.81. The molecule has 1 amide bonds. The molecular weight excluding hydrogens is 462 g/mol. The van der Waals surface area contributed by atoms with Crippen molar-refractivity contribution in [2.45, 2.75) is 45.3 Å². The lowest BCUT2D eigenvalue weighted by molar-refractivity contribution is -0.122. The van der Waals surface area contributed by atoms with E-state index in [9.17, 15) is 13.2 Å². The lowest BCUT2D eigenvalue weighted by Gasteiger charge is -2.28. The third kappa shape index (κ3) is 6.85. The average molecular weight is 494 g/mol. The van der Waals surface area contributed by atoms with Crippen LogP contribution in [0.1, 0.15) is 37.3 Å². The summed E-state index contributed by atoms with van der Waals surface area (Å²) in [6.07, 6.45) is 4.85. The average Bonchev–Trinajstić information content (AvgIpc) is 2.77. The minimum atomic E-state index is -3.74. The quantitative estimate of drug-likeness (QED) is 0.574. The Morgan fingerprint density at radius 3 is 2.48 bits per heavy atom. The summed E-state index contributed by atoms with van der Waals surface area (Å²) in [6, 6.07) is 11.8. The van der Waals surface area contributed by atoms with Crippen LogP contribution in [0.3, 0.4) is 0 Å². The number of halogens is 1. The molecule has 33 heavy (non-hydrogen) atoms. The van der Waals surface area contributed by atoms with Gasteiger partial charge in [0.05, 0.1) is 24.1 Å². The number of carbonyl (C=O) groups excluding carboxylic acids is 1. The summed E-state index contributed by atoms with van der Waals surface area (Å²) >= 11 is 6.18. The monoisotopic (exact) mass is 493 g/mol. The second kappa shape index (κ2) is 11.2. The molecule has 1 atom stereocenters. The Hall–Kier alpha value is -2.29. The largest absolute Gasteiger partial charge is 0.495 e. The molecule has 0 aromatic heterocycles. The summed E-state index contributed by atoms with van der Waals surface area (Å²) in [5.74, 6) is 0.0317. The van der Waals surface area contributed by atoms with Crippen LogP contribution >= 0.6 is 11.6 Å². The van der Waals surface area contributed by atoms with Crippen LogP contribution in [0.5, 0.6) is 5.75 Å². The molecule has 1 aliphatic heterocycles. The Bertz CT molecular complexity index is 1070. The maximum Gasteiger partial charge on any atom is 0.243 e. The first-order chi connectivity index (χ1) is 15.7. The zero-order valence-electron chi connectivity index (χ0n) is 19.4. The summed E-state index contributed by atoms with van der Waals surface area (Å²) in [5, 5.41) is 3.14. The third-order valence-corrected chi connectivity index (χ3v) is 7.33. The molecule has 0 aliphatic carbocycles. The van der Waals surface area contributed by atoms with Gasteiger partial charge in [-0.2, -0.15) is 0 Å². The molecule has 0 bridgehead atoms. The summed E-state index contributed by atoms with van der Waals surface area (Å²) in [5.41, 5.74) is 2.49. The van der Waals surface area contributed by atoms with E-state index in [1.54, 1.807) is 19.1 Å².